The third-order valence-electron chi connectivity index (χ3n) is 6.20. The van der Waals surface area contributed by atoms with Crippen LogP contribution in [0.15, 0.2) is 12.3 Å². The number of amides is 2. The average molecular weight is 434 g/mol. The summed E-state index contributed by atoms with van der Waals surface area (Å²) in [6.45, 7) is 10.3. The van der Waals surface area contributed by atoms with Gasteiger partial charge in [-0.25, -0.2) is 4.79 Å². The number of hydrogen-bond acceptors (Lipinski definition) is 5. The highest BCUT2D eigenvalue weighted by molar-refractivity contribution is 5.92. The van der Waals surface area contributed by atoms with Gasteiger partial charge in [-0.3, -0.25) is 9.48 Å². The molecule has 174 valence electrons. The molecule has 0 radical (unpaired) electrons. The molecule has 8 nitrogen and oxygen atoms in total. The van der Waals surface area contributed by atoms with E-state index in [9.17, 15) is 9.59 Å². The maximum absolute atomic E-state index is 13.2. The number of aromatic nitrogens is 2. The number of ether oxygens (including phenoxy) is 1. The largest absolute Gasteiger partial charge is 0.444 e. The Labute approximate surface area is 186 Å². The van der Waals surface area contributed by atoms with E-state index in [2.05, 4.69) is 10.4 Å². The second kappa shape index (κ2) is 10.0. The second-order valence-electron chi connectivity index (χ2n) is 10.2. The number of fused-ring (bicyclic) bond motifs is 1. The quantitative estimate of drug-likeness (QED) is 0.680. The van der Waals surface area contributed by atoms with Gasteiger partial charge < -0.3 is 19.9 Å². The molecule has 8 heteroatoms. The Morgan fingerprint density at radius 3 is 2.61 bits per heavy atom. The molecule has 1 atom stereocenters. The smallest absolute Gasteiger partial charge is 0.410 e. The number of aryl methyl sites for hydroxylation is 1. The zero-order chi connectivity index (χ0) is 22.5. The molecule has 3 rings (SSSR count). The summed E-state index contributed by atoms with van der Waals surface area (Å²) in [5, 5.41) is 7.91. The first kappa shape index (κ1) is 23.6. The monoisotopic (exact) mass is 433 g/mol. The standard InChI is InChI=1S/C23H39N5O3/c1-22(2,3)31-21(30)27-15-8-11-23(18-27)10-7-13-24-12-5-6-16-28-19(9-14-25-28)20(29)26(4)17-23/h9,14,24H,5-8,10-13,15-18H2,1-4H3. The number of carbonyl (C=O) groups excluding carboxylic acids is 2. The van der Waals surface area contributed by atoms with E-state index in [0.29, 0.717) is 25.3 Å². The Bertz CT molecular complexity index is 757. The summed E-state index contributed by atoms with van der Waals surface area (Å²) in [6.07, 6.45) is 7.43. The molecule has 1 spiro atoms. The van der Waals surface area contributed by atoms with E-state index in [1.807, 2.05) is 48.4 Å². The van der Waals surface area contributed by atoms with E-state index in [1.54, 1.807) is 6.20 Å². The number of carbonyl (C=O) groups is 2. The van der Waals surface area contributed by atoms with Crippen molar-refractivity contribution in [1.29, 1.82) is 0 Å². The third kappa shape index (κ3) is 6.45. The van der Waals surface area contributed by atoms with E-state index >= 15 is 0 Å². The van der Waals surface area contributed by atoms with Crippen LogP contribution in [0.4, 0.5) is 4.79 Å². The normalized spacial score (nSPS) is 24.6. The van der Waals surface area contributed by atoms with Gasteiger partial charge in [-0.1, -0.05) is 0 Å². The molecule has 2 amide bonds. The Balaban J connectivity index is 1.79. The molecule has 2 aliphatic heterocycles. The molecule has 0 bridgehead atoms. The number of hydrogen-bond donors (Lipinski definition) is 1. The van der Waals surface area contributed by atoms with Gasteiger partial charge in [0.1, 0.15) is 11.3 Å². The number of piperidine rings is 1. The van der Waals surface area contributed by atoms with Crippen LogP contribution in [0.2, 0.25) is 0 Å². The summed E-state index contributed by atoms with van der Waals surface area (Å²) in [7, 11) is 1.87. The minimum atomic E-state index is -0.514. The fourth-order valence-electron chi connectivity index (χ4n) is 4.79. The fraction of sp³-hybridized carbons (Fsp3) is 0.783. The first-order valence-corrected chi connectivity index (χ1v) is 11.7. The van der Waals surface area contributed by atoms with E-state index in [1.165, 1.54) is 0 Å². The zero-order valence-corrected chi connectivity index (χ0v) is 19.7. The number of likely N-dealkylation sites (tertiary alicyclic amines) is 1. The second-order valence-corrected chi connectivity index (χ2v) is 10.2. The Morgan fingerprint density at radius 1 is 1.10 bits per heavy atom. The topological polar surface area (TPSA) is 79.7 Å². The van der Waals surface area contributed by atoms with Crippen molar-refractivity contribution in [2.45, 2.75) is 71.4 Å². The van der Waals surface area contributed by atoms with Crippen LogP contribution < -0.4 is 5.32 Å². The molecular weight excluding hydrogens is 394 g/mol. The molecule has 1 unspecified atom stereocenters. The van der Waals surface area contributed by atoms with Crippen molar-refractivity contribution in [3.05, 3.63) is 18.0 Å². The Kier molecular flexibility index (Phi) is 7.62. The highest BCUT2D eigenvalue weighted by Gasteiger charge is 2.40. The lowest BCUT2D eigenvalue weighted by molar-refractivity contribution is -0.00333. The molecule has 1 aromatic rings. The molecule has 3 heterocycles. The minimum Gasteiger partial charge on any atom is -0.444 e. The van der Waals surface area contributed by atoms with Crippen molar-refractivity contribution in [1.82, 2.24) is 24.9 Å². The van der Waals surface area contributed by atoms with Crippen molar-refractivity contribution in [2.75, 3.05) is 39.8 Å². The van der Waals surface area contributed by atoms with E-state index in [0.717, 1.165) is 58.2 Å². The van der Waals surface area contributed by atoms with Gasteiger partial charge in [0, 0.05) is 44.8 Å². The summed E-state index contributed by atoms with van der Waals surface area (Å²) >= 11 is 0. The van der Waals surface area contributed by atoms with Crippen LogP contribution in [-0.2, 0) is 11.3 Å². The summed E-state index contributed by atoms with van der Waals surface area (Å²) in [5.41, 5.74) is -0.00143. The first-order valence-electron chi connectivity index (χ1n) is 11.7. The van der Waals surface area contributed by atoms with E-state index in [4.69, 9.17) is 4.74 Å². The van der Waals surface area contributed by atoms with Crippen LogP contribution in [0.1, 0.15) is 69.8 Å². The zero-order valence-electron chi connectivity index (χ0n) is 19.7. The van der Waals surface area contributed by atoms with Crippen LogP contribution in [0.5, 0.6) is 0 Å². The van der Waals surface area contributed by atoms with Gasteiger partial charge in [0.05, 0.1) is 0 Å². The average Bonchev–Trinajstić information content (AvgIpc) is 3.16. The molecule has 2 aliphatic rings. The van der Waals surface area contributed by atoms with Gasteiger partial charge in [-0.2, -0.15) is 5.10 Å². The maximum atomic E-state index is 13.2. The molecule has 31 heavy (non-hydrogen) atoms. The highest BCUT2D eigenvalue weighted by Crippen LogP contribution is 2.36. The molecule has 0 saturated carbocycles. The Hall–Kier alpha value is -2.09. The summed E-state index contributed by atoms with van der Waals surface area (Å²) < 4.78 is 7.47. The molecule has 1 fully saturated rings. The lowest BCUT2D eigenvalue weighted by atomic mass is 9.75. The van der Waals surface area contributed by atoms with Gasteiger partial charge >= 0.3 is 6.09 Å². The predicted molar refractivity (Wildman–Crippen MR) is 120 cm³/mol. The van der Waals surface area contributed by atoms with Gasteiger partial charge in [0.2, 0.25) is 0 Å². The molecule has 1 saturated heterocycles. The number of nitrogens with zero attached hydrogens (tertiary/aromatic N) is 4. The fourth-order valence-corrected chi connectivity index (χ4v) is 4.79. The van der Waals surface area contributed by atoms with Crippen LogP contribution in [-0.4, -0.2) is 77.0 Å². The maximum Gasteiger partial charge on any atom is 0.410 e. The van der Waals surface area contributed by atoms with Crippen molar-refractivity contribution in [3.8, 4) is 0 Å². The lowest BCUT2D eigenvalue weighted by Crippen LogP contribution is -2.52. The van der Waals surface area contributed by atoms with Gasteiger partial charge in [-0.15, -0.1) is 0 Å². The van der Waals surface area contributed by atoms with Gasteiger partial charge in [0.15, 0.2) is 0 Å². The van der Waals surface area contributed by atoms with Crippen LogP contribution in [0.25, 0.3) is 0 Å². The molecule has 1 aromatic heterocycles. The summed E-state index contributed by atoms with van der Waals surface area (Å²) in [6, 6.07) is 1.81. The molecule has 0 aliphatic carbocycles. The Morgan fingerprint density at radius 2 is 1.84 bits per heavy atom. The van der Waals surface area contributed by atoms with Gasteiger partial charge in [-0.05, 0) is 78.5 Å². The van der Waals surface area contributed by atoms with Crippen molar-refractivity contribution < 1.29 is 14.3 Å². The molecule has 0 aromatic carbocycles. The minimum absolute atomic E-state index is 0.00134. The van der Waals surface area contributed by atoms with Crippen LogP contribution in [0.3, 0.4) is 0 Å². The first-order chi connectivity index (χ1) is 14.7. The third-order valence-corrected chi connectivity index (χ3v) is 6.20. The van der Waals surface area contributed by atoms with Crippen LogP contribution >= 0.6 is 0 Å². The molecule has 1 N–H and O–H groups in total. The van der Waals surface area contributed by atoms with Crippen molar-refractivity contribution in [2.24, 2.45) is 5.41 Å². The predicted octanol–water partition coefficient (Wildman–Crippen LogP) is 3.14. The van der Waals surface area contributed by atoms with E-state index in [-0.39, 0.29) is 17.4 Å². The summed E-state index contributed by atoms with van der Waals surface area (Å²) in [5.74, 6) is 0.00134. The highest BCUT2D eigenvalue weighted by atomic mass is 16.6. The lowest BCUT2D eigenvalue weighted by Gasteiger charge is -2.45. The SMILES string of the molecule is CN1CC2(CCCNCCCCn3nccc3C1=O)CCCN(C(=O)OC(C)(C)C)C2. The van der Waals surface area contributed by atoms with Crippen LogP contribution in [0, 0.1) is 5.41 Å². The number of rotatable bonds is 0. The van der Waals surface area contributed by atoms with Crippen molar-refractivity contribution >= 4 is 12.0 Å². The summed E-state index contributed by atoms with van der Waals surface area (Å²) in [4.78, 5) is 29.7. The number of nitrogens with one attached hydrogen (secondary N) is 1. The molecular formula is C23H39N5O3. The van der Waals surface area contributed by atoms with Gasteiger partial charge in [0.25, 0.3) is 5.91 Å². The van der Waals surface area contributed by atoms with Crippen molar-refractivity contribution in [3.63, 3.8) is 0 Å². The van der Waals surface area contributed by atoms with E-state index < -0.39 is 5.60 Å².